The number of benzene rings is 1. The van der Waals surface area contributed by atoms with Crippen molar-refractivity contribution in [3.63, 3.8) is 0 Å². The van der Waals surface area contributed by atoms with Crippen LogP contribution < -0.4 is 10.1 Å². The van der Waals surface area contributed by atoms with E-state index in [9.17, 15) is 9.59 Å². The zero-order valence-corrected chi connectivity index (χ0v) is 14.0. The summed E-state index contributed by atoms with van der Waals surface area (Å²) in [5, 5.41) is 11.8. The molecule has 0 bridgehead atoms. The summed E-state index contributed by atoms with van der Waals surface area (Å²) in [7, 11) is 1.61. The van der Waals surface area contributed by atoms with Crippen molar-refractivity contribution in [3.05, 3.63) is 52.5 Å². The van der Waals surface area contributed by atoms with Gasteiger partial charge in [0.25, 0.3) is 5.91 Å². The van der Waals surface area contributed by atoms with E-state index in [1.807, 2.05) is 25.1 Å². The van der Waals surface area contributed by atoms with E-state index in [2.05, 4.69) is 5.32 Å². The van der Waals surface area contributed by atoms with Crippen LogP contribution >= 0.6 is 0 Å². The van der Waals surface area contributed by atoms with Gasteiger partial charge in [-0.25, -0.2) is 4.79 Å². The van der Waals surface area contributed by atoms with Gasteiger partial charge in [0.1, 0.15) is 17.1 Å². The zero-order chi connectivity index (χ0) is 17.7. The van der Waals surface area contributed by atoms with Crippen molar-refractivity contribution in [2.75, 3.05) is 13.7 Å². The molecule has 0 saturated carbocycles. The lowest BCUT2D eigenvalue weighted by Crippen LogP contribution is -2.25. The maximum absolute atomic E-state index is 12.1. The van der Waals surface area contributed by atoms with Gasteiger partial charge in [-0.3, -0.25) is 4.79 Å². The Morgan fingerprint density at radius 3 is 2.62 bits per heavy atom. The van der Waals surface area contributed by atoms with E-state index in [-0.39, 0.29) is 11.3 Å². The lowest BCUT2D eigenvalue weighted by atomic mass is 10.1. The molecule has 2 N–H and O–H groups in total. The summed E-state index contributed by atoms with van der Waals surface area (Å²) in [5.74, 6) is -0.439. The summed E-state index contributed by atoms with van der Waals surface area (Å²) >= 11 is 0. The number of hydrogen-bond donors (Lipinski definition) is 2. The van der Waals surface area contributed by atoms with Crippen LogP contribution in [-0.2, 0) is 12.8 Å². The predicted octanol–water partition coefficient (Wildman–Crippen LogP) is 2.83. The molecule has 0 aliphatic heterocycles. The standard InChI is InChI=1S/C18H21NO5/c1-4-14-13(18(21)22)10-16(24-14)17(20)19-8-7-12-9-11(2)5-6-15(12)23-3/h5-6,9-10H,4,7-8H2,1-3H3,(H,19,20)(H,21,22). The molecule has 0 saturated heterocycles. The third kappa shape index (κ3) is 3.95. The molecule has 6 heteroatoms. The smallest absolute Gasteiger partial charge is 0.339 e. The molecule has 24 heavy (non-hydrogen) atoms. The average molecular weight is 331 g/mol. The van der Waals surface area contributed by atoms with Crippen LogP contribution in [0.25, 0.3) is 0 Å². The molecule has 0 spiro atoms. The van der Waals surface area contributed by atoms with Crippen molar-refractivity contribution in [1.29, 1.82) is 0 Å². The average Bonchev–Trinajstić information content (AvgIpc) is 2.99. The summed E-state index contributed by atoms with van der Waals surface area (Å²) < 4.78 is 10.6. The van der Waals surface area contributed by atoms with Gasteiger partial charge >= 0.3 is 5.97 Å². The second-order valence-corrected chi connectivity index (χ2v) is 5.43. The van der Waals surface area contributed by atoms with Crippen molar-refractivity contribution in [2.45, 2.75) is 26.7 Å². The minimum atomic E-state index is -1.10. The summed E-state index contributed by atoms with van der Waals surface area (Å²) in [4.78, 5) is 23.2. The highest BCUT2D eigenvalue weighted by Crippen LogP contribution is 2.20. The number of aromatic carboxylic acids is 1. The first-order valence-electron chi connectivity index (χ1n) is 7.74. The monoisotopic (exact) mass is 331 g/mol. The molecular formula is C18H21NO5. The highest BCUT2D eigenvalue weighted by atomic mass is 16.5. The number of rotatable bonds is 7. The van der Waals surface area contributed by atoms with Gasteiger partial charge < -0.3 is 19.6 Å². The number of nitrogens with one attached hydrogen (secondary N) is 1. The Labute approximate surface area is 140 Å². The molecule has 0 radical (unpaired) electrons. The Morgan fingerprint density at radius 2 is 2.04 bits per heavy atom. The zero-order valence-electron chi connectivity index (χ0n) is 14.0. The first kappa shape index (κ1) is 17.6. The lowest BCUT2D eigenvalue weighted by Gasteiger charge is -2.09. The maximum atomic E-state index is 12.1. The van der Waals surface area contributed by atoms with Gasteiger partial charge in [-0.2, -0.15) is 0 Å². The lowest BCUT2D eigenvalue weighted by molar-refractivity contribution is 0.0694. The minimum absolute atomic E-state index is 0.0143. The quantitative estimate of drug-likeness (QED) is 0.814. The number of hydrogen-bond acceptors (Lipinski definition) is 4. The number of carboxylic acid groups (broad SMARTS) is 1. The predicted molar refractivity (Wildman–Crippen MR) is 88.8 cm³/mol. The van der Waals surface area contributed by atoms with Crippen LogP contribution in [0.15, 0.2) is 28.7 Å². The molecule has 1 amide bonds. The number of amides is 1. The van der Waals surface area contributed by atoms with E-state index >= 15 is 0 Å². The molecule has 1 heterocycles. The fourth-order valence-corrected chi connectivity index (χ4v) is 2.48. The number of aryl methyl sites for hydroxylation is 2. The maximum Gasteiger partial charge on any atom is 0.339 e. The van der Waals surface area contributed by atoms with Crippen LogP contribution in [0.5, 0.6) is 5.75 Å². The van der Waals surface area contributed by atoms with Gasteiger partial charge in [-0.05, 0) is 25.0 Å². The van der Waals surface area contributed by atoms with Crippen molar-refractivity contribution < 1.29 is 23.8 Å². The first-order chi connectivity index (χ1) is 11.5. The molecular weight excluding hydrogens is 310 g/mol. The van der Waals surface area contributed by atoms with Gasteiger partial charge in [-0.15, -0.1) is 0 Å². The number of furan rings is 1. The fraction of sp³-hybridized carbons (Fsp3) is 0.333. The normalized spacial score (nSPS) is 10.5. The van der Waals surface area contributed by atoms with E-state index in [0.29, 0.717) is 25.1 Å². The topological polar surface area (TPSA) is 88.8 Å². The van der Waals surface area contributed by atoms with Crippen LogP contribution in [0.3, 0.4) is 0 Å². The van der Waals surface area contributed by atoms with E-state index in [0.717, 1.165) is 16.9 Å². The molecule has 128 valence electrons. The van der Waals surface area contributed by atoms with Gasteiger partial charge in [0.2, 0.25) is 0 Å². The number of carbonyl (C=O) groups is 2. The number of carboxylic acids is 1. The van der Waals surface area contributed by atoms with Crippen LogP contribution in [0, 0.1) is 6.92 Å². The Hall–Kier alpha value is -2.76. The van der Waals surface area contributed by atoms with Crippen molar-refractivity contribution in [2.24, 2.45) is 0 Å². The minimum Gasteiger partial charge on any atom is -0.496 e. The molecule has 2 aromatic rings. The van der Waals surface area contributed by atoms with Gasteiger partial charge in [-0.1, -0.05) is 24.6 Å². The van der Waals surface area contributed by atoms with Crippen LogP contribution in [0.2, 0.25) is 0 Å². The Balaban J connectivity index is 2.01. The van der Waals surface area contributed by atoms with E-state index in [1.165, 1.54) is 6.07 Å². The van der Waals surface area contributed by atoms with Crippen LogP contribution in [0.4, 0.5) is 0 Å². The van der Waals surface area contributed by atoms with Gasteiger partial charge in [0, 0.05) is 19.0 Å². The molecule has 1 aromatic carbocycles. The summed E-state index contributed by atoms with van der Waals surface area (Å²) in [5.41, 5.74) is 2.14. The molecule has 0 aliphatic rings. The highest BCUT2D eigenvalue weighted by Gasteiger charge is 2.19. The third-order valence-electron chi connectivity index (χ3n) is 3.70. The van der Waals surface area contributed by atoms with Crippen LogP contribution in [0.1, 0.15) is 44.7 Å². The molecule has 0 atom stereocenters. The third-order valence-corrected chi connectivity index (χ3v) is 3.70. The summed E-state index contributed by atoms with van der Waals surface area (Å²) in [6.45, 7) is 4.16. The van der Waals surface area contributed by atoms with Crippen molar-refractivity contribution in [1.82, 2.24) is 5.32 Å². The molecule has 6 nitrogen and oxygen atoms in total. The molecule has 2 rings (SSSR count). The SMILES string of the molecule is CCc1oc(C(=O)NCCc2cc(C)ccc2OC)cc1C(=O)O. The number of methoxy groups -OCH3 is 1. The van der Waals surface area contributed by atoms with E-state index in [1.54, 1.807) is 14.0 Å². The van der Waals surface area contributed by atoms with E-state index in [4.69, 9.17) is 14.3 Å². The summed E-state index contributed by atoms with van der Waals surface area (Å²) in [6.07, 6.45) is 1.01. The Bertz CT molecular complexity index is 748. The molecule has 0 aliphatic carbocycles. The molecule has 1 aromatic heterocycles. The summed E-state index contributed by atoms with van der Waals surface area (Å²) in [6, 6.07) is 7.13. The first-order valence-corrected chi connectivity index (χ1v) is 7.74. The van der Waals surface area contributed by atoms with Crippen molar-refractivity contribution >= 4 is 11.9 Å². The van der Waals surface area contributed by atoms with Gasteiger partial charge in [0.15, 0.2) is 5.76 Å². The number of carbonyl (C=O) groups excluding carboxylic acids is 1. The van der Waals surface area contributed by atoms with Gasteiger partial charge in [0.05, 0.1) is 7.11 Å². The van der Waals surface area contributed by atoms with Crippen LogP contribution in [-0.4, -0.2) is 30.6 Å². The Morgan fingerprint density at radius 1 is 1.29 bits per heavy atom. The second kappa shape index (κ2) is 7.68. The largest absolute Gasteiger partial charge is 0.496 e. The molecule has 0 fully saturated rings. The molecule has 0 unspecified atom stereocenters. The van der Waals surface area contributed by atoms with E-state index < -0.39 is 11.9 Å². The van der Waals surface area contributed by atoms with Crippen molar-refractivity contribution in [3.8, 4) is 5.75 Å². The highest BCUT2D eigenvalue weighted by molar-refractivity contribution is 5.96. The Kier molecular flexibility index (Phi) is 5.63. The second-order valence-electron chi connectivity index (χ2n) is 5.43. The number of ether oxygens (including phenoxy) is 1. The fourth-order valence-electron chi connectivity index (χ4n) is 2.48.